The van der Waals surface area contributed by atoms with Crippen LogP contribution in [0.4, 0.5) is 0 Å². The number of halogens is 1. The number of benzene rings is 1. The van der Waals surface area contributed by atoms with E-state index in [1.54, 1.807) is 19.5 Å². The highest BCUT2D eigenvalue weighted by molar-refractivity contribution is 9.10. The van der Waals surface area contributed by atoms with Crippen molar-refractivity contribution in [3.8, 4) is 5.75 Å². The molecule has 0 saturated heterocycles. The number of hydrogen-bond acceptors (Lipinski definition) is 6. The van der Waals surface area contributed by atoms with Gasteiger partial charge in [0.05, 0.1) is 13.7 Å². The van der Waals surface area contributed by atoms with Gasteiger partial charge in [-0.2, -0.15) is 11.8 Å². The Balaban J connectivity index is 0.000000290. The molecule has 0 amide bonds. The molecule has 0 spiro atoms. The summed E-state index contributed by atoms with van der Waals surface area (Å²) < 4.78 is 6.06. The van der Waals surface area contributed by atoms with Crippen LogP contribution in [0.3, 0.4) is 0 Å². The lowest BCUT2D eigenvalue weighted by atomic mass is 10.2. The monoisotopic (exact) mass is 470 g/mol. The Kier molecular flexibility index (Phi) is 8.52. The number of amidine groups is 1. The number of thioether (sulfide) groups is 1. The van der Waals surface area contributed by atoms with Crippen LogP contribution in [0.1, 0.15) is 11.3 Å². The van der Waals surface area contributed by atoms with Crippen LogP contribution in [0, 0.1) is 0 Å². The van der Waals surface area contributed by atoms with Gasteiger partial charge in [-0.1, -0.05) is 24.3 Å². The zero-order valence-corrected chi connectivity index (χ0v) is 18.6. The van der Waals surface area contributed by atoms with Gasteiger partial charge >= 0.3 is 0 Å². The van der Waals surface area contributed by atoms with Gasteiger partial charge in [-0.25, -0.2) is 4.98 Å². The van der Waals surface area contributed by atoms with E-state index < -0.39 is 0 Å². The van der Waals surface area contributed by atoms with Gasteiger partial charge < -0.3 is 10.1 Å². The first-order valence-electron chi connectivity index (χ1n) is 9.25. The van der Waals surface area contributed by atoms with Crippen LogP contribution in [-0.4, -0.2) is 41.3 Å². The average Bonchev–Trinajstić information content (AvgIpc) is 2.80. The average molecular weight is 471 g/mol. The van der Waals surface area contributed by atoms with Gasteiger partial charge in [0.15, 0.2) is 0 Å². The molecular formula is C22H23BrN4OS. The van der Waals surface area contributed by atoms with Crippen molar-refractivity contribution in [2.45, 2.75) is 11.0 Å². The lowest BCUT2D eigenvalue weighted by Crippen LogP contribution is -2.38. The molecule has 0 fully saturated rings. The van der Waals surface area contributed by atoms with Crippen LogP contribution in [0.25, 0.3) is 0 Å². The van der Waals surface area contributed by atoms with Crippen molar-refractivity contribution in [3.05, 3.63) is 88.9 Å². The molecule has 0 aliphatic carbocycles. The predicted octanol–water partition coefficient (Wildman–Crippen LogP) is 4.59. The third kappa shape index (κ3) is 7.18. The first kappa shape index (κ1) is 21.3. The van der Waals surface area contributed by atoms with Gasteiger partial charge in [0.2, 0.25) is 0 Å². The highest BCUT2D eigenvalue weighted by atomic mass is 79.9. The fraction of sp³-hybridized carbons (Fsp3) is 0.227. The van der Waals surface area contributed by atoms with Crippen LogP contribution < -0.4 is 10.1 Å². The number of pyridine rings is 2. The SMILES string of the molecule is Brc1ccccn1.COc1ccc(CSC2CN=C(c3ccccn3)NC2)cc1. The van der Waals surface area contributed by atoms with E-state index in [-0.39, 0.29) is 0 Å². The number of nitrogens with one attached hydrogen (secondary N) is 1. The molecule has 0 bridgehead atoms. The van der Waals surface area contributed by atoms with E-state index in [4.69, 9.17) is 4.74 Å². The summed E-state index contributed by atoms with van der Waals surface area (Å²) in [6, 6.07) is 19.8. The molecule has 1 aliphatic rings. The molecule has 0 saturated carbocycles. The van der Waals surface area contributed by atoms with Crippen molar-refractivity contribution >= 4 is 33.5 Å². The number of methoxy groups -OCH3 is 1. The maximum absolute atomic E-state index is 5.18. The predicted molar refractivity (Wildman–Crippen MR) is 124 cm³/mol. The van der Waals surface area contributed by atoms with E-state index in [1.165, 1.54) is 5.56 Å². The molecule has 7 heteroatoms. The minimum Gasteiger partial charge on any atom is -0.497 e. The molecule has 150 valence electrons. The number of hydrogen-bond donors (Lipinski definition) is 1. The molecule has 29 heavy (non-hydrogen) atoms. The van der Waals surface area contributed by atoms with E-state index in [1.807, 2.05) is 60.3 Å². The smallest absolute Gasteiger partial charge is 0.147 e. The number of aliphatic imine (C=N–C) groups is 1. The van der Waals surface area contributed by atoms with Crippen LogP contribution in [-0.2, 0) is 5.75 Å². The maximum atomic E-state index is 5.18. The third-order valence-electron chi connectivity index (χ3n) is 4.13. The van der Waals surface area contributed by atoms with Crippen LogP contribution in [0.15, 0.2) is 82.7 Å². The summed E-state index contributed by atoms with van der Waals surface area (Å²) in [5.41, 5.74) is 2.23. The molecule has 1 N–H and O–H groups in total. The van der Waals surface area contributed by atoms with E-state index in [2.05, 4.69) is 48.3 Å². The van der Waals surface area contributed by atoms with Gasteiger partial charge in [-0.15, -0.1) is 0 Å². The quantitative estimate of drug-likeness (QED) is 0.552. The van der Waals surface area contributed by atoms with Gasteiger partial charge in [-0.05, 0) is 57.9 Å². The molecule has 3 heterocycles. The number of rotatable bonds is 5. The molecule has 1 unspecified atom stereocenters. The molecule has 3 aromatic rings. The summed E-state index contributed by atoms with van der Waals surface area (Å²) in [6.45, 7) is 1.76. The summed E-state index contributed by atoms with van der Waals surface area (Å²) in [6.07, 6.45) is 3.54. The van der Waals surface area contributed by atoms with Crippen molar-refractivity contribution in [3.63, 3.8) is 0 Å². The van der Waals surface area contributed by atoms with E-state index in [9.17, 15) is 0 Å². The fourth-order valence-corrected chi connectivity index (χ4v) is 3.86. The van der Waals surface area contributed by atoms with E-state index in [0.29, 0.717) is 5.25 Å². The largest absolute Gasteiger partial charge is 0.497 e. The number of aromatic nitrogens is 2. The molecule has 5 nitrogen and oxygen atoms in total. The second-order valence-electron chi connectivity index (χ2n) is 6.22. The Morgan fingerprint density at radius 2 is 1.79 bits per heavy atom. The van der Waals surface area contributed by atoms with Crippen LogP contribution in [0.5, 0.6) is 5.75 Å². The summed E-state index contributed by atoms with van der Waals surface area (Å²) in [4.78, 5) is 12.8. The molecule has 1 atom stereocenters. The summed E-state index contributed by atoms with van der Waals surface area (Å²) in [5, 5.41) is 3.88. The van der Waals surface area contributed by atoms with Crippen molar-refractivity contribution in [1.29, 1.82) is 0 Å². The van der Waals surface area contributed by atoms with Gasteiger partial charge in [0, 0.05) is 29.9 Å². The van der Waals surface area contributed by atoms with Crippen molar-refractivity contribution in [2.24, 2.45) is 4.99 Å². The van der Waals surface area contributed by atoms with Crippen LogP contribution >= 0.6 is 27.7 Å². The summed E-state index contributed by atoms with van der Waals surface area (Å²) >= 11 is 5.13. The maximum Gasteiger partial charge on any atom is 0.147 e. The van der Waals surface area contributed by atoms with Gasteiger partial charge in [0.25, 0.3) is 0 Å². The minimum atomic E-state index is 0.495. The zero-order valence-electron chi connectivity index (χ0n) is 16.2. The third-order valence-corrected chi connectivity index (χ3v) is 5.89. The second-order valence-corrected chi connectivity index (χ2v) is 8.32. The zero-order chi connectivity index (χ0) is 20.3. The molecule has 1 aromatic carbocycles. The molecule has 1 aliphatic heterocycles. The minimum absolute atomic E-state index is 0.495. The summed E-state index contributed by atoms with van der Waals surface area (Å²) in [7, 11) is 1.69. The Labute approximate surface area is 184 Å². The van der Waals surface area contributed by atoms with E-state index in [0.717, 1.165) is 40.7 Å². The van der Waals surface area contributed by atoms with E-state index >= 15 is 0 Å². The second kappa shape index (κ2) is 11.6. The Bertz CT molecular complexity index is 892. The number of nitrogens with zero attached hydrogens (tertiary/aromatic N) is 3. The lowest BCUT2D eigenvalue weighted by Gasteiger charge is -2.22. The molecular weight excluding hydrogens is 448 g/mol. The topological polar surface area (TPSA) is 59.4 Å². The van der Waals surface area contributed by atoms with Gasteiger partial charge in [-0.3, -0.25) is 9.98 Å². The standard InChI is InChI=1S/C17H19N3OS.C5H4BrN/c1-21-14-7-5-13(6-8-14)12-22-15-10-19-17(20-11-15)16-4-2-3-9-18-16;6-5-3-1-2-4-7-5/h2-9,15H,10-12H2,1H3,(H,19,20);1-4H. The van der Waals surface area contributed by atoms with Crippen molar-refractivity contribution in [1.82, 2.24) is 15.3 Å². The van der Waals surface area contributed by atoms with Crippen molar-refractivity contribution < 1.29 is 4.74 Å². The highest BCUT2D eigenvalue weighted by Crippen LogP contribution is 2.21. The number of ether oxygens (including phenoxy) is 1. The highest BCUT2D eigenvalue weighted by Gasteiger charge is 2.16. The Morgan fingerprint density at radius 3 is 2.31 bits per heavy atom. The van der Waals surface area contributed by atoms with Crippen molar-refractivity contribution in [2.75, 3.05) is 20.2 Å². The Morgan fingerprint density at radius 1 is 1.03 bits per heavy atom. The first-order valence-corrected chi connectivity index (χ1v) is 11.1. The normalized spacial score (nSPS) is 15.4. The molecule has 0 radical (unpaired) electrons. The van der Waals surface area contributed by atoms with Crippen LogP contribution in [0.2, 0.25) is 0 Å². The van der Waals surface area contributed by atoms with Gasteiger partial charge in [0.1, 0.15) is 21.9 Å². The first-order chi connectivity index (χ1) is 14.2. The Hall–Kier alpha value is -2.38. The lowest BCUT2D eigenvalue weighted by molar-refractivity contribution is 0.414. The summed E-state index contributed by atoms with van der Waals surface area (Å²) in [5.74, 6) is 2.80. The molecule has 2 aromatic heterocycles. The fourth-order valence-electron chi connectivity index (χ4n) is 2.59. The molecule has 4 rings (SSSR count).